The molecule has 0 fully saturated rings. The van der Waals surface area contributed by atoms with Crippen LogP contribution in [0.2, 0.25) is 0 Å². The highest BCUT2D eigenvalue weighted by Crippen LogP contribution is 2.12. The molecule has 0 spiro atoms. The molecule has 3 aromatic rings. The molecule has 6 heteroatoms. The standard InChI is InChI=1S/C24H20BrNO4/c25-20-13-11-18(12-14-20)22(27)16-30-24(29)21(15-17-7-3-1-4-8-17)26-23(28)19-9-5-2-6-10-19/h1-14,21H,15-16H2,(H,26,28). The van der Waals surface area contributed by atoms with Crippen LogP contribution in [-0.2, 0) is 16.0 Å². The fourth-order valence-corrected chi connectivity index (χ4v) is 3.09. The van der Waals surface area contributed by atoms with Crippen LogP contribution in [0.15, 0.2) is 89.4 Å². The van der Waals surface area contributed by atoms with E-state index < -0.39 is 18.6 Å². The molecule has 1 amide bonds. The van der Waals surface area contributed by atoms with Gasteiger partial charge in [0.15, 0.2) is 12.4 Å². The number of esters is 1. The van der Waals surface area contributed by atoms with Crippen molar-refractivity contribution >= 4 is 33.6 Å². The van der Waals surface area contributed by atoms with Gasteiger partial charge in [0.05, 0.1) is 0 Å². The number of halogens is 1. The van der Waals surface area contributed by atoms with E-state index in [4.69, 9.17) is 4.74 Å². The van der Waals surface area contributed by atoms with Crippen LogP contribution >= 0.6 is 15.9 Å². The van der Waals surface area contributed by atoms with E-state index in [1.807, 2.05) is 30.3 Å². The normalized spacial score (nSPS) is 11.4. The van der Waals surface area contributed by atoms with E-state index in [0.29, 0.717) is 11.1 Å². The van der Waals surface area contributed by atoms with Crippen molar-refractivity contribution in [2.75, 3.05) is 6.61 Å². The lowest BCUT2D eigenvalue weighted by Gasteiger charge is -2.18. The maximum atomic E-state index is 12.7. The molecular weight excluding hydrogens is 446 g/mol. The van der Waals surface area contributed by atoms with Gasteiger partial charge in [-0.15, -0.1) is 0 Å². The van der Waals surface area contributed by atoms with Gasteiger partial charge in [-0.1, -0.05) is 76.6 Å². The lowest BCUT2D eigenvalue weighted by Crippen LogP contribution is -2.43. The number of rotatable bonds is 8. The van der Waals surface area contributed by atoms with E-state index in [0.717, 1.165) is 10.0 Å². The number of carbonyl (C=O) groups is 3. The van der Waals surface area contributed by atoms with E-state index in [-0.39, 0.29) is 18.1 Å². The second-order valence-corrected chi connectivity index (χ2v) is 7.54. The highest BCUT2D eigenvalue weighted by Gasteiger charge is 2.24. The Morgan fingerprint density at radius 2 is 1.40 bits per heavy atom. The highest BCUT2D eigenvalue weighted by molar-refractivity contribution is 9.10. The van der Waals surface area contributed by atoms with Crippen molar-refractivity contribution in [2.45, 2.75) is 12.5 Å². The molecule has 3 aromatic carbocycles. The summed E-state index contributed by atoms with van der Waals surface area (Å²) in [6, 6.07) is 23.8. The third kappa shape index (κ3) is 6.12. The summed E-state index contributed by atoms with van der Waals surface area (Å²) in [5.41, 5.74) is 1.75. The molecule has 30 heavy (non-hydrogen) atoms. The summed E-state index contributed by atoms with van der Waals surface area (Å²) in [4.78, 5) is 37.6. The van der Waals surface area contributed by atoms with Gasteiger partial charge in [-0.05, 0) is 29.8 Å². The first-order valence-corrected chi connectivity index (χ1v) is 10.2. The predicted octanol–water partition coefficient (Wildman–Crippen LogP) is 4.22. The van der Waals surface area contributed by atoms with Crippen molar-refractivity contribution in [3.05, 3.63) is 106 Å². The Morgan fingerprint density at radius 1 is 0.800 bits per heavy atom. The first-order valence-electron chi connectivity index (χ1n) is 9.38. The second-order valence-electron chi connectivity index (χ2n) is 6.62. The van der Waals surface area contributed by atoms with Crippen molar-refractivity contribution in [3.63, 3.8) is 0 Å². The zero-order valence-electron chi connectivity index (χ0n) is 16.1. The fraction of sp³-hybridized carbons (Fsp3) is 0.125. The Morgan fingerprint density at radius 3 is 2.03 bits per heavy atom. The molecule has 0 heterocycles. The van der Waals surface area contributed by atoms with Crippen molar-refractivity contribution in [1.82, 2.24) is 5.32 Å². The lowest BCUT2D eigenvalue weighted by molar-refractivity contribution is -0.144. The summed E-state index contributed by atoms with van der Waals surface area (Å²) >= 11 is 3.31. The quantitative estimate of drug-likeness (QED) is 0.399. The zero-order valence-corrected chi connectivity index (χ0v) is 17.7. The summed E-state index contributed by atoms with van der Waals surface area (Å²) in [7, 11) is 0. The number of ether oxygens (including phenoxy) is 1. The van der Waals surface area contributed by atoms with Crippen molar-refractivity contribution < 1.29 is 19.1 Å². The van der Waals surface area contributed by atoms with Gasteiger partial charge in [0.25, 0.3) is 5.91 Å². The van der Waals surface area contributed by atoms with E-state index in [1.165, 1.54) is 0 Å². The van der Waals surface area contributed by atoms with Gasteiger partial charge in [0, 0.05) is 22.0 Å². The van der Waals surface area contributed by atoms with Crippen molar-refractivity contribution in [1.29, 1.82) is 0 Å². The van der Waals surface area contributed by atoms with Gasteiger partial charge in [-0.25, -0.2) is 4.79 Å². The molecule has 0 aromatic heterocycles. The molecule has 152 valence electrons. The summed E-state index contributed by atoms with van der Waals surface area (Å²) in [5, 5.41) is 2.72. The van der Waals surface area contributed by atoms with Gasteiger partial charge in [-0.3, -0.25) is 9.59 Å². The SMILES string of the molecule is O=C(COC(=O)C(Cc1ccccc1)NC(=O)c1ccccc1)c1ccc(Br)cc1. The maximum Gasteiger partial charge on any atom is 0.329 e. The number of hydrogen-bond acceptors (Lipinski definition) is 4. The Hall–Kier alpha value is -3.25. The summed E-state index contributed by atoms with van der Waals surface area (Å²) in [6.45, 7) is -0.396. The van der Waals surface area contributed by atoms with Crippen molar-refractivity contribution in [3.8, 4) is 0 Å². The Labute approximate surface area is 183 Å². The van der Waals surface area contributed by atoms with Gasteiger partial charge < -0.3 is 10.1 Å². The smallest absolute Gasteiger partial charge is 0.329 e. The van der Waals surface area contributed by atoms with E-state index >= 15 is 0 Å². The van der Waals surface area contributed by atoms with Crippen LogP contribution in [0.5, 0.6) is 0 Å². The van der Waals surface area contributed by atoms with Crippen LogP contribution in [0, 0.1) is 0 Å². The maximum absolute atomic E-state index is 12.7. The molecule has 0 aliphatic rings. The first-order chi connectivity index (χ1) is 14.5. The molecule has 0 saturated heterocycles. The molecule has 1 atom stereocenters. The second kappa shape index (κ2) is 10.5. The summed E-state index contributed by atoms with van der Waals surface area (Å²) in [6.07, 6.45) is 0.255. The first kappa shape index (κ1) is 21.5. The highest BCUT2D eigenvalue weighted by atomic mass is 79.9. The largest absolute Gasteiger partial charge is 0.456 e. The minimum absolute atomic E-state index is 0.255. The Kier molecular flexibility index (Phi) is 7.51. The number of nitrogens with one attached hydrogen (secondary N) is 1. The molecule has 1 N–H and O–H groups in total. The van der Waals surface area contributed by atoms with Crippen LogP contribution in [0.25, 0.3) is 0 Å². The van der Waals surface area contributed by atoms with E-state index in [2.05, 4.69) is 21.2 Å². The Bertz CT molecular complexity index is 1000. The molecule has 0 radical (unpaired) electrons. The Balaban J connectivity index is 1.68. The third-order valence-corrected chi connectivity index (χ3v) is 4.95. The van der Waals surface area contributed by atoms with Crippen molar-refractivity contribution in [2.24, 2.45) is 0 Å². The van der Waals surface area contributed by atoms with Crippen LogP contribution < -0.4 is 5.32 Å². The number of carbonyl (C=O) groups excluding carboxylic acids is 3. The zero-order chi connectivity index (χ0) is 21.3. The predicted molar refractivity (Wildman–Crippen MR) is 117 cm³/mol. The molecule has 3 rings (SSSR count). The number of Topliss-reactive ketones (excluding diaryl/α,β-unsaturated/α-hetero) is 1. The summed E-state index contributed by atoms with van der Waals surface area (Å²) in [5.74, 6) is -1.36. The minimum Gasteiger partial charge on any atom is -0.456 e. The van der Waals surface area contributed by atoms with Crippen LogP contribution in [0.1, 0.15) is 26.3 Å². The number of benzene rings is 3. The number of ketones is 1. The topological polar surface area (TPSA) is 72.5 Å². The van der Waals surface area contributed by atoms with E-state index in [9.17, 15) is 14.4 Å². The van der Waals surface area contributed by atoms with Gasteiger partial charge in [-0.2, -0.15) is 0 Å². The molecule has 0 aliphatic heterocycles. The molecule has 1 unspecified atom stereocenters. The molecule has 0 saturated carbocycles. The minimum atomic E-state index is -0.919. The monoisotopic (exact) mass is 465 g/mol. The van der Waals surface area contributed by atoms with Gasteiger partial charge >= 0.3 is 5.97 Å². The molecule has 5 nitrogen and oxygen atoms in total. The van der Waals surface area contributed by atoms with Crippen LogP contribution in [-0.4, -0.2) is 30.3 Å². The van der Waals surface area contributed by atoms with Crippen LogP contribution in [0.3, 0.4) is 0 Å². The lowest BCUT2D eigenvalue weighted by atomic mass is 10.1. The van der Waals surface area contributed by atoms with E-state index in [1.54, 1.807) is 54.6 Å². The average molecular weight is 466 g/mol. The van der Waals surface area contributed by atoms with Crippen LogP contribution in [0.4, 0.5) is 0 Å². The molecule has 0 aliphatic carbocycles. The van der Waals surface area contributed by atoms with Gasteiger partial charge in [0.2, 0.25) is 0 Å². The third-order valence-electron chi connectivity index (χ3n) is 4.42. The molecule has 0 bridgehead atoms. The number of hydrogen-bond donors (Lipinski definition) is 1. The molecular formula is C24H20BrNO4. The average Bonchev–Trinajstić information content (AvgIpc) is 2.78. The fourth-order valence-electron chi connectivity index (χ4n) is 2.83. The number of amides is 1. The van der Waals surface area contributed by atoms with Gasteiger partial charge in [0.1, 0.15) is 6.04 Å². The summed E-state index contributed by atoms with van der Waals surface area (Å²) < 4.78 is 6.09.